The SMILES string of the molecule is CC.CC(C)(C)COc1cc(OCC(C)(C)C)cc(-c2ccc3ccccc3n2)c1. The summed E-state index contributed by atoms with van der Waals surface area (Å²) in [5.74, 6) is 1.62. The number of nitrogens with zero attached hydrogens (tertiary/aromatic N) is 1. The topological polar surface area (TPSA) is 31.4 Å². The highest BCUT2D eigenvalue weighted by atomic mass is 16.5. The number of hydrogen-bond acceptors (Lipinski definition) is 3. The predicted octanol–water partition coefficient (Wildman–Crippen LogP) is 7.78. The Morgan fingerprint density at radius 3 is 1.77 bits per heavy atom. The fraction of sp³-hybridized carbons (Fsp3) is 0.444. The molecule has 0 amide bonds. The van der Waals surface area contributed by atoms with Crippen LogP contribution in [0.5, 0.6) is 11.5 Å². The minimum absolute atomic E-state index is 0.0869. The fourth-order valence-corrected chi connectivity index (χ4v) is 2.71. The summed E-state index contributed by atoms with van der Waals surface area (Å²) < 4.78 is 12.2. The van der Waals surface area contributed by atoms with Gasteiger partial charge in [0, 0.05) is 17.0 Å². The van der Waals surface area contributed by atoms with Crippen LogP contribution >= 0.6 is 0 Å². The molecule has 3 heteroatoms. The normalized spacial score (nSPS) is 11.6. The molecule has 0 radical (unpaired) electrons. The number of pyridine rings is 1. The van der Waals surface area contributed by atoms with E-state index in [0.717, 1.165) is 33.7 Å². The highest BCUT2D eigenvalue weighted by Gasteiger charge is 2.15. The largest absolute Gasteiger partial charge is 0.493 e. The van der Waals surface area contributed by atoms with Crippen molar-refractivity contribution >= 4 is 10.9 Å². The maximum atomic E-state index is 6.08. The molecule has 1 heterocycles. The smallest absolute Gasteiger partial charge is 0.123 e. The zero-order chi connectivity index (χ0) is 22.4. The van der Waals surface area contributed by atoms with E-state index in [9.17, 15) is 0 Å². The van der Waals surface area contributed by atoms with Gasteiger partial charge < -0.3 is 9.47 Å². The number of fused-ring (bicyclic) bond motifs is 1. The van der Waals surface area contributed by atoms with Crippen molar-refractivity contribution in [3.63, 3.8) is 0 Å². The van der Waals surface area contributed by atoms with Crippen LogP contribution in [0.3, 0.4) is 0 Å². The van der Waals surface area contributed by atoms with Gasteiger partial charge in [0.2, 0.25) is 0 Å². The average molecular weight is 408 g/mol. The average Bonchev–Trinajstić information content (AvgIpc) is 2.71. The third-order valence-corrected chi connectivity index (χ3v) is 4.12. The molecule has 2 aromatic carbocycles. The van der Waals surface area contributed by atoms with E-state index < -0.39 is 0 Å². The Balaban J connectivity index is 0.00000155. The molecule has 0 spiro atoms. The van der Waals surface area contributed by atoms with Crippen molar-refractivity contribution in [3.05, 3.63) is 54.6 Å². The third kappa shape index (κ3) is 7.37. The number of para-hydroxylation sites is 1. The van der Waals surface area contributed by atoms with E-state index in [0.29, 0.717) is 13.2 Å². The van der Waals surface area contributed by atoms with Crippen LogP contribution in [0.4, 0.5) is 0 Å². The number of rotatable bonds is 5. The summed E-state index contributed by atoms with van der Waals surface area (Å²) >= 11 is 0. The third-order valence-electron chi connectivity index (χ3n) is 4.12. The first kappa shape index (κ1) is 23.7. The summed E-state index contributed by atoms with van der Waals surface area (Å²) in [4.78, 5) is 4.83. The number of ether oxygens (including phenoxy) is 2. The van der Waals surface area contributed by atoms with E-state index in [1.165, 1.54) is 0 Å². The lowest BCUT2D eigenvalue weighted by Crippen LogP contribution is -2.18. The van der Waals surface area contributed by atoms with E-state index in [2.05, 4.69) is 59.7 Å². The molecule has 0 aliphatic carbocycles. The summed E-state index contributed by atoms with van der Waals surface area (Å²) in [6.07, 6.45) is 0. The Morgan fingerprint density at radius 2 is 1.23 bits per heavy atom. The van der Waals surface area contributed by atoms with E-state index >= 15 is 0 Å². The van der Waals surface area contributed by atoms with Gasteiger partial charge >= 0.3 is 0 Å². The van der Waals surface area contributed by atoms with Crippen LogP contribution in [0.2, 0.25) is 0 Å². The molecule has 3 nitrogen and oxygen atoms in total. The molecule has 0 aliphatic heterocycles. The molecule has 3 rings (SSSR count). The highest BCUT2D eigenvalue weighted by molar-refractivity contribution is 5.81. The number of benzene rings is 2. The van der Waals surface area contributed by atoms with Gasteiger partial charge in [-0.25, -0.2) is 4.98 Å². The molecule has 30 heavy (non-hydrogen) atoms. The summed E-state index contributed by atoms with van der Waals surface area (Å²) in [7, 11) is 0. The zero-order valence-corrected chi connectivity index (χ0v) is 19.9. The van der Waals surface area contributed by atoms with Crippen LogP contribution in [0, 0.1) is 10.8 Å². The first-order valence-electron chi connectivity index (χ1n) is 10.9. The van der Waals surface area contributed by atoms with Gasteiger partial charge in [-0.05, 0) is 35.1 Å². The molecule has 0 fully saturated rings. The number of hydrogen-bond donors (Lipinski definition) is 0. The van der Waals surface area contributed by atoms with Crippen LogP contribution < -0.4 is 9.47 Å². The monoisotopic (exact) mass is 407 g/mol. The lowest BCUT2D eigenvalue weighted by atomic mass is 9.98. The first-order valence-corrected chi connectivity index (χ1v) is 10.9. The van der Waals surface area contributed by atoms with Crippen molar-refractivity contribution in [1.29, 1.82) is 0 Å². The lowest BCUT2D eigenvalue weighted by Gasteiger charge is -2.21. The second kappa shape index (κ2) is 9.97. The minimum atomic E-state index is 0.0869. The molecular formula is C27H37NO2. The Labute approximate surface area is 182 Å². The van der Waals surface area contributed by atoms with Crippen molar-refractivity contribution in [1.82, 2.24) is 4.98 Å². The van der Waals surface area contributed by atoms with Crippen molar-refractivity contribution in [3.8, 4) is 22.8 Å². The van der Waals surface area contributed by atoms with Gasteiger partial charge in [0.15, 0.2) is 0 Å². The van der Waals surface area contributed by atoms with E-state index in [4.69, 9.17) is 14.5 Å². The van der Waals surface area contributed by atoms with Gasteiger partial charge in [-0.2, -0.15) is 0 Å². The quantitative estimate of drug-likeness (QED) is 0.433. The van der Waals surface area contributed by atoms with Crippen molar-refractivity contribution in [2.75, 3.05) is 13.2 Å². The Kier molecular flexibility index (Phi) is 7.89. The highest BCUT2D eigenvalue weighted by Crippen LogP contribution is 2.32. The maximum absolute atomic E-state index is 6.08. The van der Waals surface area contributed by atoms with E-state index in [-0.39, 0.29) is 10.8 Å². The minimum Gasteiger partial charge on any atom is -0.493 e. The molecule has 1 aromatic heterocycles. The maximum Gasteiger partial charge on any atom is 0.123 e. The molecule has 0 N–H and O–H groups in total. The molecule has 162 valence electrons. The molecule has 0 saturated carbocycles. The van der Waals surface area contributed by atoms with Crippen LogP contribution in [0.1, 0.15) is 55.4 Å². The Hall–Kier alpha value is -2.55. The summed E-state index contributed by atoms with van der Waals surface area (Å²) in [6, 6.07) is 18.4. The molecule has 0 bridgehead atoms. The van der Waals surface area contributed by atoms with Gasteiger partial charge in [-0.1, -0.05) is 79.7 Å². The first-order chi connectivity index (χ1) is 14.1. The molecule has 0 atom stereocenters. The molecular weight excluding hydrogens is 370 g/mol. The lowest BCUT2D eigenvalue weighted by molar-refractivity contribution is 0.189. The molecule has 3 aromatic rings. The Bertz CT molecular complexity index is 913. The van der Waals surface area contributed by atoms with Gasteiger partial charge in [0.25, 0.3) is 0 Å². The molecule has 0 saturated heterocycles. The Morgan fingerprint density at radius 1 is 0.700 bits per heavy atom. The van der Waals surface area contributed by atoms with Crippen LogP contribution in [0.15, 0.2) is 54.6 Å². The van der Waals surface area contributed by atoms with Gasteiger partial charge in [-0.3, -0.25) is 0 Å². The zero-order valence-electron chi connectivity index (χ0n) is 19.9. The van der Waals surface area contributed by atoms with Gasteiger partial charge in [0.1, 0.15) is 11.5 Å². The van der Waals surface area contributed by atoms with Crippen LogP contribution in [-0.4, -0.2) is 18.2 Å². The molecule has 0 aliphatic rings. The summed E-state index contributed by atoms with van der Waals surface area (Å²) in [6.45, 7) is 18.3. The number of aromatic nitrogens is 1. The van der Waals surface area contributed by atoms with E-state index in [1.807, 2.05) is 50.2 Å². The second-order valence-electron chi connectivity index (χ2n) is 9.78. The van der Waals surface area contributed by atoms with Crippen molar-refractivity contribution < 1.29 is 9.47 Å². The van der Waals surface area contributed by atoms with Crippen molar-refractivity contribution in [2.24, 2.45) is 10.8 Å². The summed E-state index contributed by atoms with van der Waals surface area (Å²) in [5, 5.41) is 1.13. The van der Waals surface area contributed by atoms with E-state index in [1.54, 1.807) is 0 Å². The predicted molar refractivity (Wildman–Crippen MR) is 128 cm³/mol. The standard InChI is InChI=1S/C25H31NO2.C2H6/c1-24(2,3)16-27-20-13-19(14-21(15-20)28-17-25(4,5)6)23-12-11-18-9-7-8-10-22(18)26-23;1-2/h7-15H,16-17H2,1-6H3;1-2H3. The van der Waals surface area contributed by atoms with Gasteiger partial charge in [0.05, 0.1) is 24.4 Å². The second-order valence-corrected chi connectivity index (χ2v) is 9.78. The molecule has 0 unspecified atom stereocenters. The summed E-state index contributed by atoms with van der Waals surface area (Å²) in [5.41, 5.74) is 3.08. The van der Waals surface area contributed by atoms with Crippen molar-refractivity contribution in [2.45, 2.75) is 55.4 Å². The van der Waals surface area contributed by atoms with Crippen LogP contribution in [-0.2, 0) is 0 Å². The van der Waals surface area contributed by atoms with Crippen LogP contribution in [0.25, 0.3) is 22.2 Å². The van der Waals surface area contributed by atoms with Gasteiger partial charge in [-0.15, -0.1) is 0 Å². The fourth-order valence-electron chi connectivity index (χ4n) is 2.71.